The van der Waals surface area contributed by atoms with Gasteiger partial charge in [0.05, 0.1) is 0 Å². The molecule has 0 spiro atoms. The molecule has 17 heavy (non-hydrogen) atoms. The Balaban J connectivity index is 2.35. The predicted octanol–water partition coefficient (Wildman–Crippen LogP) is 3.20. The minimum absolute atomic E-state index is 0.316. The Labute approximate surface area is 110 Å². The molecule has 98 valence electrons. The van der Waals surface area contributed by atoms with E-state index in [-0.39, 0.29) is 0 Å². The molecule has 0 radical (unpaired) electrons. The Kier molecular flexibility index (Phi) is 5.63. The second-order valence-electron chi connectivity index (χ2n) is 5.95. The first-order valence-electron chi connectivity index (χ1n) is 6.33. The van der Waals surface area contributed by atoms with Gasteiger partial charge in [0.2, 0.25) is 0 Å². The Bertz CT molecular complexity index is 304. The van der Waals surface area contributed by atoms with Gasteiger partial charge in [0, 0.05) is 30.6 Å². The van der Waals surface area contributed by atoms with Crippen LogP contribution in [0.4, 0.5) is 0 Å². The summed E-state index contributed by atoms with van der Waals surface area (Å²) in [6.07, 6.45) is 0. The lowest BCUT2D eigenvalue weighted by Gasteiger charge is -2.31. The van der Waals surface area contributed by atoms with Crippen LogP contribution in [0, 0.1) is 5.41 Å². The summed E-state index contributed by atoms with van der Waals surface area (Å²) in [7, 11) is 2.21. The minimum atomic E-state index is 0.316. The number of hydrogen-bond acceptors (Lipinski definition) is 3. The van der Waals surface area contributed by atoms with Gasteiger partial charge in [-0.05, 0) is 23.9 Å². The topological polar surface area (TPSA) is 15.3 Å². The molecular formula is C14H26N2S. The third-order valence-corrected chi connectivity index (χ3v) is 3.55. The van der Waals surface area contributed by atoms with Crippen molar-refractivity contribution in [1.29, 1.82) is 0 Å². The Morgan fingerprint density at radius 3 is 2.65 bits per heavy atom. The minimum Gasteiger partial charge on any atom is -0.314 e. The molecule has 0 saturated carbocycles. The van der Waals surface area contributed by atoms with Crippen LogP contribution < -0.4 is 5.32 Å². The van der Waals surface area contributed by atoms with Gasteiger partial charge in [-0.1, -0.05) is 33.8 Å². The highest BCUT2D eigenvalue weighted by Crippen LogP contribution is 2.18. The SMILES string of the molecule is CC(C)NCC(C)(C)CN(C)Cc1cccs1. The average molecular weight is 254 g/mol. The molecule has 0 bridgehead atoms. The predicted molar refractivity (Wildman–Crippen MR) is 77.6 cm³/mol. The number of nitrogens with zero attached hydrogens (tertiary/aromatic N) is 1. The van der Waals surface area contributed by atoms with Crippen LogP contribution in [0.1, 0.15) is 32.6 Å². The zero-order valence-electron chi connectivity index (χ0n) is 11.8. The Morgan fingerprint density at radius 1 is 1.41 bits per heavy atom. The molecule has 0 amide bonds. The van der Waals surface area contributed by atoms with Crippen LogP contribution >= 0.6 is 11.3 Å². The lowest BCUT2D eigenvalue weighted by Crippen LogP contribution is -2.40. The maximum absolute atomic E-state index is 3.53. The van der Waals surface area contributed by atoms with Crippen LogP contribution in [-0.2, 0) is 6.54 Å². The van der Waals surface area contributed by atoms with E-state index in [1.807, 2.05) is 11.3 Å². The second kappa shape index (κ2) is 6.53. The summed E-state index contributed by atoms with van der Waals surface area (Å²) in [6.45, 7) is 12.3. The van der Waals surface area contributed by atoms with Crippen LogP contribution in [0.3, 0.4) is 0 Å². The van der Waals surface area contributed by atoms with E-state index in [0.717, 1.165) is 19.6 Å². The van der Waals surface area contributed by atoms with Crippen molar-refractivity contribution in [2.45, 2.75) is 40.3 Å². The first kappa shape index (κ1) is 14.7. The molecule has 0 fully saturated rings. The average Bonchev–Trinajstić information content (AvgIpc) is 2.66. The van der Waals surface area contributed by atoms with Crippen LogP contribution in [0.5, 0.6) is 0 Å². The monoisotopic (exact) mass is 254 g/mol. The molecule has 1 aromatic rings. The van der Waals surface area contributed by atoms with Crippen molar-refractivity contribution >= 4 is 11.3 Å². The van der Waals surface area contributed by atoms with Crippen molar-refractivity contribution in [2.24, 2.45) is 5.41 Å². The fourth-order valence-electron chi connectivity index (χ4n) is 1.99. The third-order valence-electron chi connectivity index (χ3n) is 2.69. The standard InChI is InChI=1S/C14H26N2S/c1-12(2)15-10-14(3,4)11-16(5)9-13-7-6-8-17-13/h6-8,12,15H,9-11H2,1-5H3. The molecule has 1 heterocycles. The van der Waals surface area contributed by atoms with Gasteiger partial charge < -0.3 is 10.2 Å². The van der Waals surface area contributed by atoms with Crippen molar-refractivity contribution in [2.75, 3.05) is 20.1 Å². The second-order valence-corrected chi connectivity index (χ2v) is 6.98. The molecular weight excluding hydrogens is 228 g/mol. The van der Waals surface area contributed by atoms with Crippen LogP contribution in [0.15, 0.2) is 17.5 Å². The number of hydrogen-bond donors (Lipinski definition) is 1. The summed E-state index contributed by atoms with van der Waals surface area (Å²) < 4.78 is 0. The van der Waals surface area contributed by atoms with Gasteiger partial charge in [-0.3, -0.25) is 0 Å². The summed E-state index contributed by atoms with van der Waals surface area (Å²) in [5, 5.41) is 5.67. The molecule has 0 aliphatic heterocycles. The lowest BCUT2D eigenvalue weighted by atomic mass is 9.92. The van der Waals surface area contributed by atoms with Crippen molar-refractivity contribution in [3.8, 4) is 0 Å². The van der Waals surface area contributed by atoms with E-state index < -0.39 is 0 Å². The van der Waals surface area contributed by atoms with Gasteiger partial charge in [-0.25, -0.2) is 0 Å². The molecule has 0 unspecified atom stereocenters. The molecule has 1 rings (SSSR count). The molecule has 2 nitrogen and oxygen atoms in total. The lowest BCUT2D eigenvalue weighted by molar-refractivity contribution is 0.196. The summed E-state index contributed by atoms with van der Waals surface area (Å²) in [4.78, 5) is 3.86. The molecule has 0 aliphatic rings. The molecule has 1 N–H and O–H groups in total. The molecule has 0 aliphatic carbocycles. The van der Waals surface area contributed by atoms with Gasteiger partial charge in [0.25, 0.3) is 0 Å². The van der Waals surface area contributed by atoms with Crippen molar-refractivity contribution in [3.63, 3.8) is 0 Å². The summed E-state index contributed by atoms with van der Waals surface area (Å²) in [6, 6.07) is 4.90. The highest BCUT2D eigenvalue weighted by Gasteiger charge is 2.20. The Morgan fingerprint density at radius 2 is 2.12 bits per heavy atom. The van der Waals surface area contributed by atoms with E-state index in [9.17, 15) is 0 Å². The number of rotatable bonds is 7. The maximum Gasteiger partial charge on any atom is 0.0325 e. The summed E-state index contributed by atoms with van der Waals surface area (Å²) in [5.41, 5.74) is 0.316. The highest BCUT2D eigenvalue weighted by molar-refractivity contribution is 7.09. The van der Waals surface area contributed by atoms with E-state index in [1.54, 1.807) is 0 Å². The largest absolute Gasteiger partial charge is 0.314 e. The number of thiophene rings is 1. The summed E-state index contributed by atoms with van der Waals surface area (Å²) in [5.74, 6) is 0. The highest BCUT2D eigenvalue weighted by atomic mass is 32.1. The third kappa shape index (κ3) is 6.20. The zero-order chi connectivity index (χ0) is 12.9. The smallest absolute Gasteiger partial charge is 0.0325 e. The Hall–Kier alpha value is -0.380. The van der Waals surface area contributed by atoms with E-state index >= 15 is 0 Å². The fourth-order valence-corrected chi connectivity index (χ4v) is 2.78. The van der Waals surface area contributed by atoms with Gasteiger partial charge in [0.1, 0.15) is 0 Å². The molecule has 0 aromatic carbocycles. The van der Waals surface area contributed by atoms with Crippen LogP contribution in [0.25, 0.3) is 0 Å². The van der Waals surface area contributed by atoms with Crippen LogP contribution in [0.2, 0.25) is 0 Å². The van der Waals surface area contributed by atoms with E-state index in [0.29, 0.717) is 11.5 Å². The van der Waals surface area contributed by atoms with Crippen molar-refractivity contribution in [3.05, 3.63) is 22.4 Å². The van der Waals surface area contributed by atoms with Gasteiger partial charge in [-0.15, -0.1) is 11.3 Å². The van der Waals surface area contributed by atoms with E-state index in [1.165, 1.54) is 4.88 Å². The first-order chi connectivity index (χ1) is 7.89. The number of nitrogens with one attached hydrogen (secondary N) is 1. The van der Waals surface area contributed by atoms with Crippen molar-refractivity contribution < 1.29 is 0 Å². The van der Waals surface area contributed by atoms with Gasteiger partial charge in [-0.2, -0.15) is 0 Å². The first-order valence-corrected chi connectivity index (χ1v) is 7.21. The van der Waals surface area contributed by atoms with Crippen LogP contribution in [-0.4, -0.2) is 31.1 Å². The molecule has 0 saturated heterocycles. The molecule has 3 heteroatoms. The van der Waals surface area contributed by atoms with Gasteiger partial charge in [0.15, 0.2) is 0 Å². The molecule has 0 atom stereocenters. The van der Waals surface area contributed by atoms with E-state index in [2.05, 4.69) is 62.5 Å². The molecule has 1 aromatic heterocycles. The van der Waals surface area contributed by atoms with Crippen molar-refractivity contribution in [1.82, 2.24) is 10.2 Å². The summed E-state index contributed by atoms with van der Waals surface area (Å²) >= 11 is 1.84. The maximum atomic E-state index is 3.53. The normalized spacial score (nSPS) is 12.6. The quantitative estimate of drug-likeness (QED) is 0.804. The zero-order valence-corrected chi connectivity index (χ0v) is 12.6. The van der Waals surface area contributed by atoms with E-state index in [4.69, 9.17) is 0 Å². The van der Waals surface area contributed by atoms with Gasteiger partial charge >= 0.3 is 0 Å². The fraction of sp³-hybridized carbons (Fsp3) is 0.714.